The Morgan fingerprint density at radius 2 is 2.24 bits per heavy atom. The Labute approximate surface area is 132 Å². The number of halogens is 1. The average Bonchev–Trinajstić information content (AvgIpc) is 2.91. The second-order valence-corrected chi connectivity index (χ2v) is 6.03. The molecule has 0 aliphatic heterocycles. The van der Waals surface area contributed by atoms with Crippen LogP contribution < -0.4 is 16.0 Å². The summed E-state index contributed by atoms with van der Waals surface area (Å²) in [4.78, 5) is 20.8. The van der Waals surface area contributed by atoms with Crippen LogP contribution in [0.5, 0.6) is 0 Å². The maximum atomic E-state index is 11.7. The van der Waals surface area contributed by atoms with Crippen LogP contribution in [0.2, 0.25) is 4.34 Å². The summed E-state index contributed by atoms with van der Waals surface area (Å²) in [5.74, 6) is 0.682. The molecule has 0 aliphatic carbocycles. The molecule has 0 fully saturated rings. The molecule has 0 radical (unpaired) electrons. The van der Waals surface area contributed by atoms with Crippen LogP contribution >= 0.6 is 22.9 Å². The molecule has 21 heavy (non-hydrogen) atoms. The van der Waals surface area contributed by atoms with Gasteiger partial charge in [0.05, 0.1) is 16.6 Å². The second-order valence-electron chi connectivity index (χ2n) is 4.28. The molecule has 6 nitrogen and oxygen atoms in total. The van der Waals surface area contributed by atoms with Crippen molar-refractivity contribution in [1.29, 1.82) is 0 Å². The molecular formula is C13H16ClN5OS. The smallest absolute Gasteiger partial charge is 0.315 e. The number of anilines is 1. The van der Waals surface area contributed by atoms with E-state index in [1.807, 2.05) is 19.1 Å². The number of carbonyl (C=O) groups is 1. The lowest BCUT2D eigenvalue weighted by atomic mass is 10.3. The van der Waals surface area contributed by atoms with E-state index in [1.54, 1.807) is 18.6 Å². The molecule has 0 saturated heterocycles. The SMILES string of the molecule is CC(NC(=O)NCCNc1cnccn1)c1ccc(Cl)s1. The third kappa shape index (κ3) is 5.20. The van der Waals surface area contributed by atoms with E-state index >= 15 is 0 Å². The van der Waals surface area contributed by atoms with E-state index in [0.29, 0.717) is 23.2 Å². The summed E-state index contributed by atoms with van der Waals surface area (Å²) in [5, 5.41) is 8.68. The third-order valence-corrected chi connectivity index (χ3v) is 4.06. The number of rotatable bonds is 6. The Balaban J connectivity index is 1.65. The van der Waals surface area contributed by atoms with E-state index in [4.69, 9.17) is 11.6 Å². The van der Waals surface area contributed by atoms with E-state index in [1.165, 1.54) is 11.3 Å². The van der Waals surface area contributed by atoms with Gasteiger partial charge in [0.15, 0.2) is 0 Å². The number of thiophene rings is 1. The number of aromatic nitrogens is 2. The van der Waals surface area contributed by atoms with Crippen LogP contribution in [0.25, 0.3) is 0 Å². The number of urea groups is 1. The second kappa shape index (κ2) is 7.80. The first-order valence-corrected chi connectivity index (χ1v) is 7.64. The lowest BCUT2D eigenvalue weighted by Gasteiger charge is -2.13. The molecule has 0 saturated carbocycles. The first kappa shape index (κ1) is 15.5. The van der Waals surface area contributed by atoms with Crippen molar-refractivity contribution in [2.24, 2.45) is 0 Å². The Bertz CT molecular complexity index is 577. The quantitative estimate of drug-likeness (QED) is 0.713. The van der Waals surface area contributed by atoms with Gasteiger partial charge < -0.3 is 16.0 Å². The molecule has 2 heterocycles. The number of hydrogen-bond acceptors (Lipinski definition) is 5. The molecule has 0 aliphatic rings. The van der Waals surface area contributed by atoms with Crippen LogP contribution in [0.4, 0.5) is 10.6 Å². The molecule has 3 N–H and O–H groups in total. The predicted octanol–water partition coefficient (Wildman–Crippen LogP) is 2.66. The summed E-state index contributed by atoms with van der Waals surface area (Å²) < 4.78 is 0.715. The van der Waals surface area contributed by atoms with Crippen molar-refractivity contribution in [1.82, 2.24) is 20.6 Å². The molecule has 8 heteroatoms. The third-order valence-electron chi connectivity index (χ3n) is 2.65. The van der Waals surface area contributed by atoms with Crippen molar-refractivity contribution in [3.8, 4) is 0 Å². The Kier molecular flexibility index (Phi) is 5.77. The normalized spacial score (nSPS) is 11.7. The summed E-state index contributed by atoms with van der Waals surface area (Å²) in [5.41, 5.74) is 0. The molecule has 0 spiro atoms. The van der Waals surface area contributed by atoms with Gasteiger partial charge in [-0.1, -0.05) is 11.6 Å². The lowest BCUT2D eigenvalue weighted by molar-refractivity contribution is 0.238. The molecule has 0 aromatic carbocycles. The number of hydrogen-bond donors (Lipinski definition) is 3. The van der Waals surface area contributed by atoms with Crippen LogP contribution in [0, 0.1) is 0 Å². The lowest BCUT2D eigenvalue weighted by Crippen LogP contribution is -2.39. The monoisotopic (exact) mass is 325 g/mol. The Morgan fingerprint density at radius 3 is 2.90 bits per heavy atom. The number of nitrogens with zero attached hydrogens (tertiary/aromatic N) is 2. The summed E-state index contributed by atoms with van der Waals surface area (Å²) in [6, 6.07) is 3.44. The van der Waals surface area contributed by atoms with Crippen molar-refractivity contribution < 1.29 is 4.79 Å². The van der Waals surface area contributed by atoms with Gasteiger partial charge in [0.1, 0.15) is 5.82 Å². The highest BCUT2D eigenvalue weighted by molar-refractivity contribution is 7.16. The van der Waals surface area contributed by atoms with E-state index in [2.05, 4.69) is 25.9 Å². The summed E-state index contributed by atoms with van der Waals surface area (Å²) in [7, 11) is 0. The maximum Gasteiger partial charge on any atom is 0.315 e. The highest BCUT2D eigenvalue weighted by Crippen LogP contribution is 2.26. The maximum absolute atomic E-state index is 11.7. The minimum atomic E-state index is -0.215. The topological polar surface area (TPSA) is 78.9 Å². The van der Waals surface area contributed by atoms with Crippen molar-refractivity contribution in [3.63, 3.8) is 0 Å². The summed E-state index contributed by atoms with van der Waals surface area (Å²) in [6.45, 7) is 2.98. The highest BCUT2D eigenvalue weighted by Gasteiger charge is 2.10. The molecule has 2 aromatic rings. The molecular weight excluding hydrogens is 310 g/mol. The van der Waals surface area contributed by atoms with Gasteiger partial charge in [-0.25, -0.2) is 9.78 Å². The molecule has 0 bridgehead atoms. The minimum Gasteiger partial charge on any atom is -0.367 e. The van der Waals surface area contributed by atoms with Gasteiger partial charge in [0.25, 0.3) is 0 Å². The largest absolute Gasteiger partial charge is 0.367 e. The average molecular weight is 326 g/mol. The van der Waals surface area contributed by atoms with Gasteiger partial charge in [-0.2, -0.15) is 0 Å². The van der Waals surface area contributed by atoms with Crippen LogP contribution in [0.15, 0.2) is 30.7 Å². The van der Waals surface area contributed by atoms with Gasteiger partial charge in [-0.3, -0.25) is 4.98 Å². The fraction of sp³-hybridized carbons (Fsp3) is 0.308. The zero-order valence-electron chi connectivity index (χ0n) is 11.5. The first-order valence-electron chi connectivity index (χ1n) is 6.44. The van der Waals surface area contributed by atoms with Crippen molar-refractivity contribution in [3.05, 3.63) is 39.9 Å². The number of amides is 2. The number of carbonyl (C=O) groups excluding carboxylic acids is 1. The summed E-state index contributed by atoms with van der Waals surface area (Å²) in [6.07, 6.45) is 4.84. The number of nitrogens with one attached hydrogen (secondary N) is 3. The van der Waals surface area contributed by atoms with Crippen LogP contribution in [0.3, 0.4) is 0 Å². The van der Waals surface area contributed by atoms with Gasteiger partial charge in [0, 0.05) is 30.4 Å². The van der Waals surface area contributed by atoms with Crippen LogP contribution in [0.1, 0.15) is 17.8 Å². The zero-order valence-corrected chi connectivity index (χ0v) is 13.0. The summed E-state index contributed by atoms with van der Waals surface area (Å²) >= 11 is 7.33. The van der Waals surface area contributed by atoms with Crippen LogP contribution in [-0.4, -0.2) is 29.1 Å². The van der Waals surface area contributed by atoms with Gasteiger partial charge in [-0.05, 0) is 19.1 Å². The molecule has 2 aromatic heterocycles. The van der Waals surface area contributed by atoms with Crippen molar-refractivity contribution >= 4 is 34.8 Å². The molecule has 2 amide bonds. The molecule has 1 unspecified atom stereocenters. The Morgan fingerprint density at radius 1 is 1.38 bits per heavy atom. The van der Waals surface area contributed by atoms with E-state index < -0.39 is 0 Å². The van der Waals surface area contributed by atoms with E-state index in [0.717, 1.165) is 4.88 Å². The van der Waals surface area contributed by atoms with Crippen LogP contribution in [-0.2, 0) is 0 Å². The first-order chi connectivity index (χ1) is 10.1. The predicted molar refractivity (Wildman–Crippen MR) is 84.8 cm³/mol. The van der Waals surface area contributed by atoms with E-state index in [9.17, 15) is 4.79 Å². The molecule has 1 atom stereocenters. The van der Waals surface area contributed by atoms with Gasteiger partial charge in [0.2, 0.25) is 0 Å². The fourth-order valence-corrected chi connectivity index (χ4v) is 2.70. The van der Waals surface area contributed by atoms with E-state index in [-0.39, 0.29) is 12.1 Å². The standard InChI is InChI=1S/C13H16ClN5OS/c1-9(10-2-3-11(14)21-10)19-13(20)18-7-6-17-12-8-15-4-5-16-12/h2-5,8-9H,6-7H2,1H3,(H,16,17)(H2,18,19,20). The zero-order chi connectivity index (χ0) is 15.1. The molecule has 2 rings (SSSR count). The van der Waals surface area contributed by atoms with Gasteiger partial charge >= 0.3 is 6.03 Å². The van der Waals surface area contributed by atoms with Crippen molar-refractivity contribution in [2.45, 2.75) is 13.0 Å². The minimum absolute atomic E-state index is 0.0737. The highest BCUT2D eigenvalue weighted by atomic mass is 35.5. The Hall–Kier alpha value is -1.86. The van der Waals surface area contributed by atoms with Crippen molar-refractivity contribution in [2.75, 3.05) is 18.4 Å². The molecule has 112 valence electrons. The fourth-order valence-electron chi connectivity index (χ4n) is 1.64. The van der Waals surface area contributed by atoms with Gasteiger partial charge in [-0.15, -0.1) is 11.3 Å².